The molecule has 17 heavy (non-hydrogen) atoms. The molecule has 1 aliphatic heterocycles. The molecule has 9 heteroatoms. The van der Waals surface area contributed by atoms with Gasteiger partial charge in [-0.15, -0.1) is 0 Å². The maximum Gasteiger partial charge on any atom is 0.375 e. The van der Waals surface area contributed by atoms with E-state index in [4.69, 9.17) is 10.2 Å². The van der Waals surface area contributed by atoms with Crippen molar-refractivity contribution in [2.24, 2.45) is 0 Å². The summed E-state index contributed by atoms with van der Waals surface area (Å²) in [4.78, 5) is 10.7. The molecule has 0 bridgehead atoms. The number of amides is 1. The Labute approximate surface area is 94.6 Å². The van der Waals surface area contributed by atoms with Gasteiger partial charge in [0.25, 0.3) is 5.79 Å². The lowest BCUT2D eigenvalue weighted by molar-refractivity contribution is -0.429. The molecule has 0 saturated carbocycles. The van der Waals surface area contributed by atoms with E-state index in [1.807, 2.05) is 0 Å². The van der Waals surface area contributed by atoms with Crippen molar-refractivity contribution in [3.63, 3.8) is 0 Å². The molecule has 1 saturated heterocycles. The Kier molecular flexibility index (Phi) is 3.69. The van der Waals surface area contributed by atoms with Gasteiger partial charge in [0.2, 0.25) is 5.91 Å². The Morgan fingerprint density at radius 1 is 1.47 bits per heavy atom. The predicted molar refractivity (Wildman–Crippen MR) is 47.7 cm³/mol. The largest absolute Gasteiger partial charge is 0.394 e. The number of halogens is 2. The highest BCUT2D eigenvalue weighted by molar-refractivity contribution is 5.73. The van der Waals surface area contributed by atoms with Crippen molar-refractivity contribution >= 4 is 5.91 Å². The SMILES string of the molecule is CC(=O)N[C@@]1(F)[C@H](O)[C@H](O)[C@@H](CO)OC1(O)F. The van der Waals surface area contributed by atoms with Gasteiger partial charge in [-0.05, 0) is 0 Å². The topological polar surface area (TPSA) is 119 Å². The number of carbonyl (C=O) groups excluding carboxylic acids is 1. The van der Waals surface area contributed by atoms with Crippen molar-refractivity contribution < 1.29 is 38.7 Å². The molecule has 100 valence electrons. The Balaban J connectivity index is 3.07. The quantitative estimate of drug-likeness (QED) is 0.349. The van der Waals surface area contributed by atoms with Crippen LogP contribution in [0.3, 0.4) is 0 Å². The second-order valence-electron chi connectivity index (χ2n) is 3.73. The van der Waals surface area contributed by atoms with Gasteiger partial charge in [-0.1, -0.05) is 0 Å². The van der Waals surface area contributed by atoms with Gasteiger partial charge in [0.15, 0.2) is 0 Å². The van der Waals surface area contributed by atoms with E-state index in [-0.39, 0.29) is 0 Å². The van der Waals surface area contributed by atoms with Crippen LogP contribution in [0.25, 0.3) is 0 Å². The van der Waals surface area contributed by atoms with Gasteiger partial charge in [-0.25, -0.2) is 4.39 Å². The number of hydrogen-bond donors (Lipinski definition) is 5. The first-order chi connectivity index (χ1) is 7.65. The van der Waals surface area contributed by atoms with E-state index in [9.17, 15) is 23.8 Å². The second-order valence-corrected chi connectivity index (χ2v) is 3.73. The van der Waals surface area contributed by atoms with Crippen LogP contribution in [0, 0.1) is 0 Å². The Hall–Kier alpha value is -0.870. The number of nitrogens with one attached hydrogen (secondary N) is 1. The molecule has 5 atom stereocenters. The first kappa shape index (κ1) is 14.2. The van der Waals surface area contributed by atoms with Crippen LogP contribution in [0.2, 0.25) is 0 Å². The molecule has 1 rings (SSSR count). The third-order valence-corrected chi connectivity index (χ3v) is 2.41. The molecule has 0 spiro atoms. The molecule has 5 N–H and O–H groups in total. The van der Waals surface area contributed by atoms with E-state index in [0.717, 1.165) is 6.92 Å². The lowest BCUT2D eigenvalue weighted by atomic mass is 9.93. The summed E-state index contributed by atoms with van der Waals surface area (Å²) in [6.45, 7) is -0.144. The molecule has 0 aliphatic carbocycles. The molecule has 0 aromatic heterocycles. The van der Waals surface area contributed by atoms with Gasteiger partial charge < -0.3 is 30.5 Å². The van der Waals surface area contributed by atoms with Crippen LogP contribution in [0.5, 0.6) is 0 Å². The highest BCUT2D eigenvalue weighted by atomic mass is 19.2. The smallest absolute Gasteiger partial charge is 0.375 e. The fourth-order valence-corrected chi connectivity index (χ4v) is 1.53. The highest BCUT2D eigenvalue weighted by Gasteiger charge is 2.67. The summed E-state index contributed by atoms with van der Waals surface area (Å²) in [7, 11) is 0. The first-order valence-electron chi connectivity index (χ1n) is 4.69. The van der Waals surface area contributed by atoms with E-state index in [0.29, 0.717) is 0 Å². The van der Waals surface area contributed by atoms with Gasteiger partial charge in [0.05, 0.1) is 6.61 Å². The van der Waals surface area contributed by atoms with Gasteiger partial charge in [-0.3, -0.25) is 4.79 Å². The summed E-state index contributed by atoms with van der Waals surface area (Å²) in [5.41, 5.74) is 0. The molecule has 0 radical (unpaired) electrons. The molecule has 1 fully saturated rings. The minimum absolute atomic E-state index is 0.814. The van der Waals surface area contributed by atoms with Crippen LogP contribution in [-0.2, 0) is 9.53 Å². The summed E-state index contributed by atoms with van der Waals surface area (Å²) in [5, 5.41) is 37.7. The van der Waals surface area contributed by atoms with Crippen LogP contribution in [0.1, 0.15) is 6.92 Å². The van der Waals surface area contributed by atoms with Crippen LogP contribution in [0.4, 0.5) is 8.78 Å². The molecule has 1 aliphatic rings. The van der Waals surface area contributed by atoms with E-state index in [2.05, 4.69) is 4.74 Å². The molecule has 1 amide bonds. The number of rotatable bonds is 2. The molecule has 1 unspecified atom stereocenters. The number of hydrogen-bond acceptors (Lipinski definition) is 6. The molecular weight excluding hydrogens is 244 g/mol. The lowest BCUT2D eigenvalue weighted by Crippen LogP contribution is -2.75. The number of aliphatic hydroxyl groups excluding tert-OH is 3. The third kappa shape index (κ3) is 2.24. The van der Waals surface area contributed by atoms with Crippen LogP contribution in [0.15, 0.2) is 0 Å². The van der Waals surface area contributed by atoms with E-state index in [1.165, 1.54) is 5.32 Å². The van der Waals surface area contributed by atoms with Crippen molar-refractivity contribution in [3.05, 3.63) is 0 Å². The van der Waals surface area contributed by atoms with Crippen molar-refractivity contribution in [1.29, 1.82) is 0 Å². The average Bonchev–Trinajstić information content (AvgIpc) is 2.20. The van der Waals surface area contributed by atoms with Gasteiger partial charge in [-0.2, -0.15) is 4.39 Å². The monoisotopic (exact) mass is 257 g/mol. The minimum Gasteiger partial charge on any atom is -0.394 e. The Bertz CT molecular complexity index is 314. The van der Waals surface area contributed by atoms with Crippen LogP contribution < -0.4 is 5.32 Å². The maximum absolute atomic E-state index is 14.0. The average molecular weight is 257 g/mol. The first-order valence-corrected chi connectivity index (χ1v) is 4.69. The number of alkyl halides is 2. The van der Waals surface area contributed by atoms with E-state index in [1.54, 1.807) is 0 Å². The molecule has 7 nitrogen and oxygen atoms in total. The Morgan fingerprint density at radius 3 is 2.41 bits per heavy atom. The lowest BCUT2D eigenvalue weighted by Gasteiger charge is -2.46. The number of ether oxygens (including phenoxy) is 1. The highest BCUT2D eigenvalue weighted by Crippen LogP contribution is 2.38. The fourth-order valence-electron chi connectivity index (χ4n) is 1.53. The number of aliphatic hydroxyl groups is 4. The van der Waals surface area contributed by atoms with Crippen molar-refractivity contribution in [2.75, 3.05) is 6.61 Å². The summed E-state index contributed by atoms with van der Waals surface area (Å²) in [6, 6.07) is -4.08. The maximum atomic E-state index is 14.0. The van der Waals surface area contributed by atoms with E-state index >= 15 is 0 Å². The van der Waals surface area contributed by atoms with Gasteiger partial charge in [0.1, 0.15) is 18.3 Å². The predicted octanol–water partition coefficient (Wildman–Crippen LogP) is -2.48. The molecule has 1 heterocycles. The van der Waals surface area contributed by atoms with Crippen LogP contribution >= 0.6 is 0 Å². The zero-order valence-electron chi connectivity index (χ0n) is 8.80. The van der Waals surface area contributed by atoms with Crippen LogP contribution in [-0.4, -0.2) is 63.1 Å². The standard InChI is InChI=1S/C8H13F2NO6/c1-3(13)11-7(9)6(15)5(14)4(2-12)17-8(7,10)16/h4-6,12,14-16H,2H2,1H3,(H,11,13)/t4-,5-,6-,7+,8?/m1/s1. The molecule has 0 aromatic carbocycles. The number of carbonyl (C=O) groups is 1. The Morgan fingerprint density at radius 2 is 2.00 bits per heavy atom. The second kappa shape index (κ2) is 4.42. The van der Waals surface area contributed by atoms with Crippen molar-refractivity contribution in [1.82, 2.24) is 5.32 Å². The van der Waals surface area contributed by atoms with Crippen molar-refractivity contribution in [2.45, 2.75) is 37.1 Å². The zero-order valence-corrected chi connectivity index (χ0v) is 8.80. The molecule has 0 aromatic rings. The summed E-state index contributed by atoms with van der Waals surface area (Å²) < 4.78 is 31.5. The summed E-state index contributed by atoms with van der Waals surface area (Å²) in [6.07, 6.45) is -6.25. The van der Waals surface area contributed by atoms with E-state index < -0.39 is 42.7 Å². The fraction of sp³-hybridized carbons (Fsp3) is 0.875. The normalized spacial score (nSPS) is 46.6. The summed E-state index contributed by atoms with van der Waals surface area (Å²) in [5.74, 6) is -4.83. The van der Waals surface area contributed by atoms with Gasteiger partial charge >= 0.3 is 6.04 Å². The summed E-state index contributed by atoms with van der Waals surface area (Å²) >= 11 is 0. The molecular formula is C8H13F2NO6. The minimum atomic E-state index is -4.08. The third-order valence-electron chi connectivity index (χ3n) is 2.41. The van der Waals surface area contributed by atoms with Gasteiger partial charge in [0, 0.05) is 6.92 Å². The zero-order chi connectivity index (χ0) is 13.4. The van der Waals surface area contributed by atoms with Crippen molar-refractivity contribution in [3.8, 4) is 0 Å².